The Morgan fingerprint density at radius 3 is 2.68 bits per heavy atom. The van der Waals surface area contributed by atoms with Crippen LogP contribution in [0.3, 0.4) is 0 Å². The number of ketones is 1. The van der Waals surface area contributed by atoms with Crippen molar-refractivity contribution < 1.29 is 19.1 Å². The molecule has 3 aromatic rings. The second-order valence-electron chi connectivity index (χ2n) is 6.24. The molecule has 0 spiro atoms. The quantitative estimate of drug-likeness (QED) is 0.422. The summed E-state index contributed by atoms with van der Waals surface area (Å²) >= 11 is 7.51. The van der Waals surface area contributed by atoms with E-state index in [1.54, 1.807) is 24.4 Å². The predicted molar refractivity (Wildman–Crippen MR) is 108 cm³/mol. The third-order valence-electron chi connectivity index (χ3n) is 4.14. The number of carbonyl (C=O) groups is 2. The van der Waals surface area contributed by atoms with Gasteiger partial charge in [-0.3, -0.25) is 9.36 Å². The maximum Gasteiger partial charge on any atom is 0.344 e. The highest BCUT2D eigenvalue weighted by Gasteiger charge is 2.19. The number of hydrogen-bond acceptors (Lipinski definition) is 6. The Balaban J connectivity index is 1.59. The molecule has 8 heteroatoms. The number of ether oxygens (including phenoxy) is 2. The van der Waals surface area contributed by atoms with Crippen molar-refractivity contribution in [3.8, 4) is 10.9 Å². The standard InChI is InChI=1S/C20H19ClN2O4S/c1-12-4-5-16(21)18(8-12)26-11-19(25)27-10-17(24)15-9-13(2)23(14(15)3)20-22-6-7-28-20/h4-9H,10-11H2,1-3H3. The summed E-state index contributed by atoms with van der Waals surface area (Å²) in [7, 11) is 0. The van der Waals surface area contributed by atoms with Crippen LogP contribution in [-0.2, 0) is 9.53 Å². The maximum absolute atomic E-state index is 12.5. The van der Waals surface area contributed by atoms with Gasteiger partial charge in [0.05, 0.1) is 5.02 Å². The molecule has 28 heavy (non-hydrogen) atoms. The lowest BCUT2D eigenvalue weighted by atomic mass is 10.1. The molecule has 0 fully saturated rings. The van der Waals surface area contributed by atoms with Crippen LogP contribution >= 0.6 is 22.9 Å². The van der Waals surface area contributed by atoms with Gasteiger partial charge in [-0.2, -0.15) is 0 Å². The van der Waals surface area contributed by atoms with E-state index in [9.17, 15) is 9.59 Å². The molecular formula is C20H19ClN2O4S. The first-order chi connectivity index (χ1) is 13.4. The van der Waals surface area contributed by atoms with Crippen LogP contribution < -0.4 is 4.74 Å². The van der Waals surface area contributed by atoms with Crippen molar-refractivity contribution in [2.45, 2.75) is 20.8 Å². The van der Waals surface area contributed by atoms with Crippen molar-refractivity contribution in [3.63, 3.8) is 0 Å². The van der Waals surface area contributed by atoms with Crippen molar-refractivity contribution in [1.82, 2.24) is 9.55 Å². The molecule has 6 nitrogen and oxygen atoms in total. The molecule has 0 atom stereocenters. The lowest BCUT2D eigenvalue weighted by molar-refractivity contribution is -0.144. The Bertz CT molecular complexity index is 1010. The molecule has 1 aromatic carbocycles. The number of carbonyl (C=O) groups excluding carboxylic acids is 2. The number of esters is 1. The second kappa shape index (κ2) is 8.58. The molecule has 2 aromatic heterocycles. The Labute approximate surface area is 171 Å². The van der Waals surface area contributed by atoms with Crippen LogP contribution in [-0.4, -0.2) is 34.5 Å². The number of nitrogens with zero attached hydrogens (tertiary/aromatic N) is 2. The van der Waals surface area contributed by atoms with Crippen LogP contribution in [0.1, 0.15) is 27.3 Å². The highest BCUT2D eigenvalue weighted by Crippen LogP contribution is 2.25. The molecule has 0 aliphatic rings. The summed E-state index contributed by atoms with van der Waals surface area (Å²) in [5, 5.41) is 3.07. The molecule has 0 saturated heterocycles. The zero-order valence-electron chi connectivity index (χ0n) is 15.7. The molecule has 0 N–H and O–H groups in total. The van der Waals surface area contributed by atoms with Gasteiger partial charge in [0.15, 0.2) is 18.3 Å². The van der Waals surface area contributed by atoms with Gasteiger partial charge in [0, 0.05) is 28.5 Å². The zero-order chi connectivity index (χ0) is 20.3. The van der Waals surface area contributed by atoms with E-state index in [1.165, 1.54) is 11.3 Å². The van der Waals surface area contributed by atoms with Gasteiger partial charge in [0.1, 0.15) is 5.75 Å². The summed E-state index contributed by atoms with van der Waals surface area (Å²) in [5.74, 6) is -0.519. The summed E-state index contributed by atoms with van der Waals surface area (Å²) in [4.78, 5) is 28.7. The van der Waals surface area contributed by atoms with E-state index in [-0.39, 0.29) is 19.0 Å². The molecule has 0 aliphatic heterocycles. The number of hydrogen-bond donors (Lipinski definition) is 0. The number of thiazole rings is 1. The average Bonchev–Trinajstić information content (AvgIpc) is 3.28. The molecule has 0 aliphatic carbocycles. The first-order valence-corrected chi connectivity index (χ1v) is 9.79. The molecule has 0 saturated carbocycles. The smallest absolute Gasteiger partial charge is 0.344 e. The fourth-order valence-corrected chi connectivity index (χ4v) is 3.71. The van der Waals surface area contributed by atoms with E-state index in [0.29, 0.717) is 16.3 Å². The first kappa shape index (κ1) is 20.1. The van der Waals surface area contributed by atoms with Gasteiger partial charge in [-0.25, -0.2) is 9.78 Å². The second-order valence-corrected chi connectivity index (χ2v) is 7.52. The fourth-order valence-electron chi connectivity index (χ4n) is 2.79. The molecule has 3 rings (SSSR count). The number of halogens is 1. The monoisotopic (exact) mass is 418 g/mol. The largest absolute Gasteiger partial charge is 0.480 e. The number of Topliss-reactive ketones (excluding diaryl/α,β-unsaturated/α-hetero) is 1. The van der Waals surface area contributed by atoms with Gasteiger partial charge in [-0.1, -0.05) is 17.7 Å². The molecule has 0 radical (unpaired) electrons. The number of rotatable bonds is 7. The van der Waals surface area contributed by atoms with E-state index in [0.717, 1.165) is 22.1 Å². The fraction of sp³-hybridized carbons (Fsp3) is 0.250. The van der Waals surface area contributed by atoms with E-state index in [2.05, 4.69) is 4.98 Å². The van der Waals surface area contributed by atoms with Crippen molar-refractivity contribution in [1.29, 1.82) is 0 Å². The maximum atomic E-state index is 12.5. The SMILES string of the molecule is Cc1ccc(Cl)c(OCC(=O)OCC(=O)c2cc(C)n(-c3nccs3)c2C)c1. The summed E-state index contributed by atoms with van der Waals surface area (Å²) in [5.41, 5.74) is 3.11. The molecule has 146 valence electrons. The Kier molecular flexibility index (Phi) is 6.16. The first-order valence-electron chi connectivity index (χ1n) is 8.53. The van der Waals surface area contributed by atoms with E-state index >= 15 is 0 Å². The normalized spacial score (nSPS) is 10.7. The minimum Gasteiger partial charge on any atom is -0.480 e. The van der Waals surface area contributed by atoms with Gasteiger partial charge in [-0.15, -0.1) is 11.3 Å². The van der Waals surface area contributed by atoms with Gasteiger partial charge in [0.25, 0.3) is 0 Å². The van der Waals surface area contributed by atoms with E-state index in [1.807, 2.05) is 36.8 Å². The molecular weight excluding hydrogens is 400 g/mol. The van der Waals surface area contributed by atoms with Crippen LogP contribution in [0.2, 0.25) is 5.02 Å². The number of benzene rings is 1. The Hall–Kier alpha value is -2.64. The molecule has 0 amide bonds. The third kappa shape index (κ3) is 4.43. The minimum absolute atomic E-state index is 0.280. The van der Waals surface area contributed by atoms with Crippen LogP contribution in [0.15, 0.2) is 35.8 Å². The topological polar surface area (TPSA) is 70.4 Å². The summed E-state index contributed by atoms with van der Waals surface area (Å²) in [6.45, 7) is 4.95. The number of aromatic nitrogens is 2. The van der Waals surface area contributed by atoms with Crippen LogP contribution in [0.4, 0.5) is 0 Å². The molecule has 0 unspecified atom stereocenters. The molecule has 2 heterocycles. The highest BCUT2D eigenvalue weighted by molar-refractivity contribution is 7.12. The van der Waals surface area contributed by atoms with Gasteiger partial charge in [-0.05, 0) is 44.5 Å². The zero-order valence-corrected chi connectivity index (χ0v) is 17.3. The summed E-state index contributed by atoms with van der Waals surface area (Å²) < 4.78 is 12.4. The van der Waals surface area contributed by atoms with E-state index in [4.69, 9.17) is 21.1 Å². The van der Waals surface area contributed by atoms with Gasteiger partial charge in [0.2, 0.25) is 5.78 Å². The van der Waals surface area contributed by atoms with Crippen LogP contribution in [0.5, 0.6) is 5.75 Å². The van der Waals surface area contributed by atoms with Crippen molar-refractivity contribution in [2.24, 2.45) is 0 Å². The van der Waals surface area contributed by atoms with E-state index < -0.39 is 5.97 Å². The highest BCUT2D eigenvalue weighted by atomic mass is 35.5. The summed E-state index contributed by atoms with van der Waals surface area (Å²) in [6, 6.07) is 7.04. The number of aryl methyl sites for hydroxylation is 2. The van der Waals surface area contributed by atoms with Crippen LogP contribution in [0.25, 0.3) is 5.13 Å². The van der Waals surface area contributed by atoms with Crippen molar-refractivity contribution in [3.05, 3.63) is 63.4 Å². The lowest BCUT2D eigenvalue weighted by Gasteiger charge is -2.09. The van der Waals surface area contributed by atoms with Gasteiger partial charge < -0.3 is 9.47 Å². The predicted octanol–water partition coefficient (Wildman–Crippen LogP) is 4.32. The minimum atomic E-state index is -0.639. The Morgan fingerprint density at radius 2 is 1.96 bits per heavy atom. The molecule has 0 bridgehead atoms. The lowest BCUT2D eigenvalue weighted by Crippen LogP contribution is -2.20. The summed E-state index contributed by atoms with van der Waals surface area (Å²) in [6.07, 6.45) is 1.71. The van der Waals surface area contributed by atoms with Gasteiger partial charge >= 0.3 is 5.97 Å². The third-order valence-corrected chi connectivity index (χ3v) is 5.21. The Morgan fingerprint density at radius 1 is 1.18 bits per heavy atom. The van der Waals surface area contributed by atoms with Crippen molar-refractivity contribution >= 4 is 34.7 Å². The van der Waals surface area contributed by atoms with Crippen LogP contribution in [0, 0.1) is 20.8 Å². The average molecular weight is 419 g/mol. The van der Waals surface area contributed by atoms with Crippen molar-refractivity contribution in [2.75, 3.05) is 13.2 Å².